The predicted octanol–water partition coefficient (Wildman–Crippen LogP) is 1.86. The lowest BCUT2D eigenvalue weighted by Crippen LogP contribution is -2.35. The number of aryl methyl sites for hydroxylation is 1. The molecular formula is C14H15NO5S. The van der Waals surface area contributed by atoms with Crippen molar-refractivity contribution in [3.05, 3.63) is 54.0 Å². The fourth-order valence-corrected chi connectivity index (χ4v) is 3.20. The molecule has 7 heteroatoms. The van der Waals surface area contributed by atoms with Crippen molar-refractivity contribution in [2.75, 3.05) is 6.54 Å². The van der Waals surface area contributed by atoms with Crippen molar-refractivity contribution >= 4 is 16.0 Å². The first kappa shape index (κ1) is 15.3. The number of hydrogen-bond donors (Lipinski definition) is 1. The van der Waals surface area contributed by atoms with Gasteiger partial charge in [-0.25, -0.2) is 8.42 Å². The Balaban J connectivity index is 2.34. The van der Waals surface area contributed by atoms with Gasteiger partial charge in [0, 0.05) is 12.1 Å². The number of carboxylic acids is 1. The van der Waals surface area contributed by atoms with Crippen LogP contribution in [0, 0.1) is 6.92 Å². The minimum atomic E-state index is -3.88. The quantitative estimate of drug-likeness (QED) is 0.880. The highest BCUT2D eigenvalue weighted by Gasteiger charge is 2.26. The number of aliphatic carboxylic acids is 1. The van der Waals surface area contributed by atoms with Gasteiger partial charge in [0.2, 0.25) is 10.0 Å². The van der Waals surface area contributed by atoms with E-state index in [4.69, 9.17) is 9.52 Å². The molecule has 0 bridgehead atoms. The van der Waals surface area contributed by atoms with Crippen LogP contribution in [-0.2, 0) is 21.4 Å². The normalized spacial score (nSPS) is 11.7. The maximum atomic E-state index is 12.5. The number of benzene rings is 1. The highest BCUT2D eigenvalue weighted by atomic mass is 32.2. The van der Waals surface area contributed by atoms with Crippen molar-refractivity contribution < 1.29 is 22.7 Å². The number of carbonyl (C=O) groups is 1. The molecule has 2 aromatic rings. The van der Waals surface area contributed by atoms with Crippen LogP contribution in [-0.4, -0.2) is 30.3 Å². The molecule has 6 nitrogen and oxygen atoms in total. The van der Waals surface area contributed by atoms with Crippen LogP contribution in [0.3, 0.4) is 0 Å². The third-order valence-electron chi connectivity index (χ3n) is 2.91. The Kier molecular flexibility index (Phi) is 4.44. The van der Waals surface area contributed by atoms with E-state index in [0.29, 0.717) is 5.56 Å². The first-order valence-electron chi connectivity index (χ1n) is 6.19. The van der Waals surface area contributed by atoms with Crippen molar-refractivity contribution in [2.45, 2.75) is 18.4 Å². The third kappa shape index (κ3) is 3.71. The van der Waals surface area contributed by atoms with Crippen LogP contribution in [0.25, 0.3) is 0 Å². The molecule has 2 rings (SSSR count). The summed E-state index contributed by atoms with van der Waals surface area (Å²) in [6.07, 6.45) is 2.80. The monoisotopic (exact) mass is 309 g/mol. The Morgan fingerprint density at radius 1 is 1.24 bits per heavy atom. The van der Waals surface area contributed by atoms with Gasteiger partial charge < -0.3 is 9.52 Å². The van der Waals surface area contributed by atoms with E-state index in [1.807, 2.05) is 6.92 Å². The third-order valence-corrected chi connectivity index (χ3v) is 4.72. The van der Waals surface area contributed by atoms with E-state index < -0.39 is 22.5 Å². The summed E-state index contributed by atoms with van der Waals surface area (Å²) in [5.74, 6) is -1.21. The van der Waals surface area contributed by atoms with Gasteiger partial charge in [-0.1, -0.05) is 17.7 Å². The zero-order valence-electron chi connectivity index (χ0n) is 11.4. The molecule has 0 atom stereocenters. The van der Waals surface area contributed by atoms with Crippen LogP contribution < -0.4 is 0 Å². The molecule has 0 saturated carbocycles. The minimum absolute atomic E-state index is 0.0565. The topological polar surface area (TPSA) is 87.8 Å². The average Bonchev–Trinajstić information content (AvgIpc) is 2.91. The van der Waals surface area contributed by atoms with Gasteiger partial charge in [0.15, 0.2) is 0 Å². The van der Waals surface area contributed by atoms with Crippen molar-refractivity contribution in [2.24, 2.45) is 0 Å². The average molecular weight is 309 g/mol. The van der Waals surface area contributed by atoms with Crippen LogP contribution >= 0.6 is 0 Å². The molecule has 0 aliphatic carbocycles. The number of rotatable bonds is 6. The summed E-state index contributed by atoms with van der Waals surface area (Å²) in [5, 5.41) is 8.94. The van der Waals surface area contributed by atoms with E-state index in [-0.39, 0.29) is 11.4 Å². The molecular weight excluding hydrogens is 294 g/mol. The molecule has 0 aliphatic rings. The van der Waals surface area contributed by atoms with Gasteiger partial charge in [-0.3, -0.25) is 4.79 Å². The van der Waals surface area contributed by atoms with Gasteiger partial charge >= 0.3 is 5.97 Å². The first-order chi connectivity index (χ1) is 9.89. The van der Waals surface area contributed by atoms with Gasteiger partial charge in [0.1, 0.15) is 6.54 Å². The second kappa shape index (κ2) is 6.11. The van der Waals surface area contributed by atoms with E-state index >= 15 is 0 Å². The summed E-state index contributed by atoms with van der Waals surface area (Å²) < 4.78 is 30.9. The molecule has 1 N–H and O–H groups in total. The highest BCUT2D eigenvalue weighted by Crippen LogP contribution is 2.19. The Morgan fingerprint density at radius 2 is 1.90 bits per heavy atom. The van der Waals surface area contributed by atoms with E-state index in [1.54, 1.807) is 18.2 Å². The van der Waals surface area contributed by atoms with Gasteiger partial charge in [-0.15, -0.1) is 0 Å². The summed E-state index contributed by atoms with van der Waals surface area (Å²) in [6.45, 7) is 1.18. The standard InChI is InChI=1S/C14H15NO5S/c1-11-2-4-13(5-3-11)21(18,19)15(9-14(16)17)8-12-6-7-20-10-12/h2-7,10H,8-9H2,1H3,(H,16,17). The summed E-state index contributed by atoms with van der Waals surface area (Å²) in [4.78, 5) is 11.0. The Hall–Kier alpha value is -2.12. The largest absolute Gasteiger partial charge is 0.480 e. The van der Waals surface area contributed by atoms with Crippen LogP contribution in [0.4, 0.5) is 0 Å². The zero-order valence-corrected chi connectivity index (χ0v) is 12.2. The smallest absolute Gasteiger partial charge is 0.318 e. The second-order valence-electron chi connectivity index (χ2n) is 4.61. The Bertz CT molecular complexity index is 704. The van der Waals surface area contributed by atoms with E-state index in [9.17, 15) is 13.2 Å². The van der Waals surface area contributed by atoms with Gasteiger partial charge in [0.05, 0.1) is 17.4 Å². The van der Waals surface area contributed by atoms with Gasteiger partial charge in [0.25, 0.3) is 0 Å². The number of nitrogens with zero attached hydrogens (tertiary/aromatic N) is 1. The lowest BCUT2D eigenvalue weighted by atomic mass is 10.2. The Labute approximate surface area is 122 Å². The van der Waals surface area contributed by atoms with Crippen molar-refractivity contribution in [3.8, 4) is 0 Å². The molecule has 0 radical (unpaired) electrons. The molecule has 1 aromatic carbocycles. The number of hydrogen-bond acceptors (Lipinski definition) is 4. The lowest BCUT2D eigenvalue weighted by molar-refractivity contribution is -0.137. The zero-order chi connectivity index (χ0) is 15.5. The molecule has 0 aliphatic heterocycles. The van der Waals surface area contributed by atoms with Crippen LogP contribution in [0.5, 0.6) is 0 Å². The van der Waals surface area contributed by atoms with E-state index in [1.165, 1.54) is 24.7 Å². The maximum absolute atomic E-state index is 12.5. The fraction of sp³-hybridized carbons (Fsp3) is 0.214. The predicted molar refractivity (Wildman–Crippen MR) is 75.1 cm³/mol. The molecule has 1 heterocycles. The number of sulfonamides is 1. The Morgan fingerprint density at radius 3 is 2.43 bits per heavy atom. The van der Waals surface area contributed by atoms with Crippen LogP contribution in [0.1, 0.15) is 11.1 Å². The molecule has 0 amide bonds. The SMILES string of the molecule is Cc1ccc(S(=O)(=O)N(CC(=O)O)Cc2ccoc2)cc1. The second-order valence-corrected chi connectivity index (χ2v) is 6.55. The fourth-order valence-electron chi connectivity index (χ4n) is 1.82. The van der Waals surface area contributed by atoms with Crippen LogP contribution in [0.2, 0.25) is 0 Å². The van der Waals surface area contributed by atoms with Gasteiger partial charge in [-0.2, -0.15) is 4.31 Å². The lowest BCUT2D eigenvalue weighted by Gasteiger charge is -2.19. The van der Waals surface area contributed by atoms with E-state index in [0.717, 1.165) is 9.87 Å². The summed E-state index contributed by atoms with van der Waals surface area (Å²) in [6, 6.07) is 7.87. The number of furan rings is 1. The first-order valence-corrected chi connectivity index (χ1v) is 7.63. The van der Waals surface area contributed by atoms with Crippen molar-refractivity contribution in [1.29, 1.82) is 0 Å². The van der Waals surface area contributed by atoms with E-state index in [2.05, 4.69) is 0 Å². The highest BCUT2D eigenvalue weighted by molar-refractivity contribution is 7.89. The van der Waals surface area contributed by atoms with Crippen LogP contribution in [0.15, 0.2) is 52.2 Å². The molecule has 21 heavy (non-hydrogen) atoms. The number of carboxylic acid groups (broad SMARTS) is 1. The maximum Gasteiger partial charge on any atom is 0.318 e. The van der Waals surface area contributed by atoms with Crippen molar-refractivity contribution in [3.63, 3.8) is 0 Å². The summed E-state index contributed by atoms with van der Waals surface area (Å²) in [5.41, 5.74) is 1.51. The molecule has 1 aromatic heterocycles. The molecule has 0 fully saturated rings. The molecule has 0 unspecified atom stereocenters. The summed E-state index contributed by atoms with van der Waals surface area (Å²) in [7, 11) is -3.88. The minimum Gasteiger partial charge on any atom is -0.480 e. The van der Waals surface area contributed by atoms with Gasteiger partial charge in [-0.05, 0) is 25.1 Å². The molecule has 0 spiro atoms. The van der Waals surface area contributed by atoms with Crippen molar-refractivity contribution in [1.82, 2.24) is 4.31 Å². The molecule has 0 saturated heterocycles. The summed E-state index contributed by atoms with van der Waals surface area (Å²) >= 11 is 0. The molecule has 112 valence electrons.